The Hall–Kier alpha value is -0.150. The van der Waals surface area contributed by atoms with Crippen LogP contribution in [0.3, 0.4) is 0 Å². The molecule has 214 valence electrons. The van der Waals surface area contributed by atoms with Crippen LogP contribution in [0.25, 0.3) is 0 Å². The molecule has 0 aromatic heterocycles. The first-order valence-electron chi connectivity index (χ1n) is 14.6. The second kappa shape index (κ2) is 27.4. The number of hydrogen-bond acceptors (Lipinski definition) is 6. The number of unbranched alkanes of at least 4 members (excludes halogenated alkanes) is 18. The molecule has 1 unspecified atom stereocenters. The first-order chi connectivity index (χ1) is 17.3. The van der Waals surface area contributed by atoms with Crippen LogP contribution in [0, 0.1) is 0 Å². The number of ether oxygens (including phenoxy) is 2. The molecule has 0 heterocycles. The normalized spacial score (nSPS) is 12.1. The zero-order valence-electron chi connectivity index (χ0n) is 24.1. The van der Waals surface area contributed by atoms with Gasteiger partial charge in [-0.1, -0.05) is 129 Å². The summed E-state index contributed by atoms with van der Waals surface area (Å²) in [5.41, 5.74) is 0. The molecule has 7 nitrogen and oxygen atoms in total. The number of rotatable bonds is 26. The summed E-state index contributed by atoms with van der Waals surface area (Å²) in [6.07, 6.45) is 22.1. The molecular formula is C28H54NaO7S+. The van der Waals surface area contributed by atoms with E-state index >= 15 is 0 Å². The number of esters is 2. The van der Waals surface area contributed by atoms with Gasteiger partial charge in [-0.2, -0.15) is 8.42 Å². The number of hydrogen-bond donors (Lipinski definition) is 1. The molecular weight excluding hydrogens is 503 g/mol. The summed E-state index contributed by atoms with van der Waals surface area (Å²) in [7, 11) is -4.75. The van der Waals surface area contributed by atoms with Crippen molar-refractivity contribution in [2.45, 2.75) is 154 Å². The van der Waals surface area contributed by atoms with Gasteiger partial charge in [0.2, 0.25) is 0 Å². The molecule has 0 fully saturated rings. The Bertz CT molecular complexity index is 640. The molecule has 0 aliphatic heterocycles. The maximum absolute atomic E-state index is 12.2. The van der Waals surface area contributed by atoms with Gasteiger partial charge in [0.25, 0.3) is 10.1 Å². The molecule has 0 aromatic carbocycles. The summed E-state index contributed by atoms with van der Waals surface area (Å²) >= 11 is 0. The molecule has 0 saturated heterocycles. The van der Waals surface area contributed by atoms with E-state index in [4.69, 9.17) is 9.47 Å². The summed E-state index contributed by atoms with van der Waals surface area (Å²) in [6.45, 7) is 4.67. The van der Waals surface area contributed by atoms with Crippen LogP contribution in [-0.4, -0.2) is 43.4 Å². The number of carbonyl (C=O) groups excluding carboxylic acids is 2. The maximum atomic E-state index is 12.2. The predicted octanol–water partition coefficient (Wildman–Crippen LogP) is 4.57. The molecule has 0 spiro atoms. The quantitative estimate of drug-likeness (QED) is 0.0719. The molecule has 0 rings (SSSR count). The van der Waals surface area contributed by atoms with Crippen molar-refractivity contribution < 1.29 is 61.6 Å². The SMILES string of the molecule is CCCCCCCCCCCCOC(=O)CC(C(=O)OCCCCCCCCCCCC)S(=O)(=O)O.[Na+]. The molecule has 0 amide bonds. The first kappa shape index (κ1) is 39.0. The fourth-order valence-corrected chi connectivity index (χ4v) is 4.81. The Morgan fingerprint density at radius 3 is 1.27 bits per heavy atom. The molecule has 9 heteroatoms. The average molecular weight is 558 g/mol. The topological polar surface area (TPSA) is 107 Å². The fourth-order valence-electron chi connectivity index (χ4n) is 4.15. The van der Waals surface area contributed by atoms with E-state index in [1.807, 2.05) is 0 Å². The van der Waals surface area contributed by atoms with E-state index < -0.39 is 33.7 Å². The van der Waals surface area contributed by atoms with E-state index in [1.54, 1.807) is 0 Å². The molecule has 0 aliphatic rings. The van der Waals surface area contributed by atoms with Crippen molar-refractivity contribution in [2.24, 2.45) is 0 Å². The van der Waals surface area contributed by atoms with Crippen LogP contribution in [-0.2, 0) is 29.2 Å². The minimum atomic E-state index is -4.75. The standard InChI is InChI=1S/C28H54O7S.Na/c1-3-5-7-9-11-13-15-17-19-21-23-34-27(29)25-26(36(31,32)33)28(30)35-24-22-20-18-16-14-12-10-8-6-4-2;/h26H,3-25H2,1-2H3,(H,31,32,33);/q;+1. The Kier molecular flexibility index (Phi) is 28.9. The van der Waals surface area contributed by atoms with Crippen molar-refractivity contribution in [1.82, 2.24) is 0 Å². The monoisotopic (exact) mass is 557 g/mol. The first-order valence-corrected chi connectivity index (χ1v) is 16.1. The molecule has 37 heavy (non-hydrogen) atoms. The Balaban J connectivity index is 0. The van der Waals surface area contributed by atoms with Gasteiger partial charge >= 0.3 is 41.5 Å². The van der Waals surface area contributed by atoms with Crippen LogP contribution in [0.5, 0.6) is 0 Å². The van der Waals surface area contributed by atoms with Crippen LogP contribution in [0.15, 0.2) is 0 Å². The van der Waals surface area contributed by atoms with Crippen LogP contribution in [0.1, 0.15) is 149 Å². The summed E-state index contributed by atoms with van der Waals surface area (Å²) in [5.74, 6) is -1.91. The molecule has 1 atom stereocenters. The largest absolute Gasteiger partial charge is 1.00 e. The zero-order valence-corrected chi connectivity index (χ0v) is 27.0. The maximum Gasteiger partial charge on any atom is 1.00 e. The van der Waals surface area contributed by atoms with Crippen molar-refractivity contribution in [3.8, 4) is 0 Å². The Morgan fingerprint density at radius 2 is 0.919 bits per heavy atom. The Labute approximate surface area is 249 Å². The smallest absolute Gasteiger partial charge is 0.466 e. The average Bonchev–Trinajstić information content (AvgIpc) is 2.83. The van der Waals surface area contributed by atoms with E-state index in [-0.39, 0.29) is 42.8 Å². The van der Waals surface area contributed by atoms with Crippen LogP contribution in [0.4, 0.5) is 0 Å². The van der Waals surface area contributed by atoms with Crippen molar-refractivity contribution >= 4 is 22.1 Å². The summed E-state index contributed by atoms with van der Waals surface area (Å²) in [6, 6.07) is 0. The molecule has 0 bridgehead atoms. The van der Waals surface area contributed by atoms with E-state index in [2.05, 4.69) is 13.8 Å². The summed E-state index contributed by atoms with van der Waals surface area (Å²) in [5, 5.41) is -1.93. The van der Waals surface area contributed by atoms with E-state index in [0.717, 1.165) is 38.5 Å². The minimum absolute atomic E-state index is 0. The van der Waals surface area contributed by atoms with E-state index in [9.17, 15) is 22.6 Å². The van der Waals surface area contributed by atoms with Crippen molar-refractivity contribution in [3.63, 3.8) is 0 Å². The van der Waals surface area contributed by atoms with Gasteiger partial charge in [0.15, 0.2) is 5.25 Å². The van der Waals surface area contributed by atoms with Crippen LogP contribution < -0.4 is 29.6 Å². The van der Waals surface area contributed by atoms with Gasteiger partial charge in [0, 0.05) is 0 Å². The van der Waals surface area contributed by atoms with Crippen LogP contribution >= 0.6 is 0 Å². The van der Waals surface area contributed by atoms with E-state index in [0.29, 0.717) is 12.8 Å². The number of carbonyl (C=O) groups is 2. The molecule has 1 N–H and O–H groups in total. The molecule has 0 aliphatic carbocycles. The van der Waals surface area contributed by atoms with Gasteiger partial charge in [0.05, 0.1) is 19.6 Å². The van der Waals surface area contributed by atoms with Gasteiger partial charge in [-0.25, -0.2) is 0 Å². The second-order valence-corrected chi connectivity index (χ2v) is 11.6. The molecule has 0 radical (unpaired) electrons. The third-order valence-corrected chi connectivity index (χ3v) is 7.56. The van der Waals surface area contributed by atoms with Gasteiger partial charge in [-0.3, -0.25) is 14.1 Å². The van der Waals surface area contributed by atoms with Crippen molar-refractivity contribution in [3.05, 3.63) is 0 Å². The van der Waals surface area contributed by atoms with E-state index in [1.165, 1.54) is 77.0 Å². The van der Waals surface area contributed by atoms with Gasteiger partial charge in [-0.05, 0) is 12.8 Å². The van der Waals surface area contributed by atoms with Gasteiger partial charge < -0.3 is 9.47 Å². The fraction of sp³-hybridized carbons (Fsp3) is 0.929. The molecule has 0 aromatic rings. The van der Waals surface area contributed by atoms with Gasteiger partial charge in [0.1, 0.15) is 0 Å². The molecule has 0 saturated carbocycles. The zero-order chi connectivity index (χ0) is 26.9. The van der Waals surface area contributed by atoms with Crippen molar-refractivity contribution in [2.75, 3.05) is 13.2 Å². The summed E-state index contributed by atoms with van der Waals surface area (Å²) < 4.78 is 42.7. The van der Waals surface area contributed by atoms with Crippen LogP contribution in [0.2, 0.25) is 0 Å². The Morgan fingerprint density at radius 1 is 0.595 bits per heavy atom. The predicted molar refractivity (Wildman–Crippen MR) is 146 cm³/mol. The third kappa shape index (κ3) is 25.9. The minimum Gasteiger partial charge on any atom is -0.466 e. The third-order valence-electron chi connectivity index (χ3n) is 6.48. The second-order valence-electron chi connectivity index (χ2n) is 9.96. The van der Waals surface area contributed by atoms with Gasteiger partial charge in [-0.15, -0.1) is 0 Å². The summed E-state index contributed by atoms with van der Waals surface area (Å²) in [4.78, 5) is 24.2. The van der Waals surface area contributed by atoms with Crippen molar-refractivity contribution in [1.29, 1.82) is 0 Å².